The summed E-state index contributed by atoms with van der Waals surface area (Å²) in [6, 6.07) is 0.612. The van der Waals surface area contributed by atoms with Crippen LogP contribution in [0.3, 0.4) is 0 Å². The third-order valence-electron chi connectivity index (χ3n) is 3.77. The zero-order valence-corrected chi connectivity index (χ0v) is 12.2. The maximum atomic E-state index is 11.0. The van der Waals surface area contributed by atoms with E-state index in [1.165, 1.54) is 19.4 Å². The fourth-order valence-electron chi connectivity index (χ4n) is 2.76. The summed E-state index contributed by atoms with van der Waals surface area (Å²) < 4.78 is 5.48. The zero-order chi connectivity index (χ0) is 13.8. The molecule has 0 amide bonds. The summed E-state index contributed by atoms with van der Waals surface area (Å²) in [6.07, 6.45) is 5.39. The number of ketones is 1. The number of oxazole rings is 1. The first-order valence-electron chi connectivity index (χ1n) is 7.21. The molecule has 106 valence electrons. The van der Waals surface area contributed by atoms with Gasteiger partial charge in [-0.05, 0) is 46.1 Å². The van der Waals surface area contributed by atoms with Gasteiger partial charge in [0.25, 0.3) is 0 Å². The largest absolute Gasteiger partial charge is 0.449 e. The van der Waals surface area contributed by atoms with Crippen LogP contribution in [0.1, 0.15) is 45.2 Å². The normalized spacial score (nSPS) is 20.9. The molecule has 2 heterocycles. The van der Waals surface area contributed by atoms with Gasteiger partial charge in [-0.1, -0.05) is 0 Å². The van der Waals surface area contributed by atoms with Gasteiger partial charge in [0.1, 0.15) is 12.0 Å². The fraction of sp³-hybridized carbons (Fsp3) is 0.733. The van der Waals surface area contributed by atoms with Gasteiger partial charge in [0.05, 0.1) is 12.1 Å². The molecule has 1 aliphatic heterocycles. The van der Waals surface area contributed by atoms with Gasteiger partial charge in [-0.25, -0.2) is 4.98 Å². The Morgan fingerprint density at radius 3 is 3.05 bits per heavy atom. The molecule has 4 nitrogen and oxygen atoms in total. The Morgan fingerprint density at radius 1 is 1.58 bits per heavy atom. The van der Waals surface area contributed by atoms with E-state index in [9.17, 15) is 4.79 Å². The molecule has 0 radical (unpaired) electrons. The average Bonchev–Trinajstić information content (AvgIpc) is 2.76. The van der Waals surface area contributed by atoms with Crippen LogP contribution in [0.5, 0.6) is 0 Å². The molecule has 1 atom stereocenters. The SMILES string of the molecule is CC(=O)Cc1coc(CC2CCCN(C(C)C)C2)n1. The molecular formula is C15H24N2O2. The Bertz CT molecular complexity index is 426. The van der Waals surface area contributed by atoms with Crippen molar-refractivity contribution in [3.63, 3.8) is 0 Å². The van der Waals surface area contributed by atoms with E-state index in [0.717, 1.165) is 24.6 Å². The lowest BCUT2D eigenvalue weighted by molar-refractivity contribution is -0.116. The first-order chi connectivity index (χ1) is 9.04. The molecule has 0 bridgehead atoms. The van der Waals surface area contributed by atoms with E-state index in [4.69, 9.17) is 4.42 Å². The number of aromatic nitrogens is 1. The predicted molar refractivity (Wildman–Crippen MR) is 74.0 cm³/mol. The maximum Gasteiger partial charge on any atom is 0.194 e. The molecule has 2 rings (SSSR count). The van der Waals surface area contributed by atoms with Gasteiger partial charge in [-0.15, -0.1) is 0 Å². The molecule has 4 heteroatoms. The summed E-state index contributed by atoms with van der Waals surface area (Å²) in [6.45, 7) is 8.41. The molecule has 19 heavy (non-hydrogen) atoms. The Labute approximate surface area is 115 Å². The van der Waals surface area contributed by atoms with Crippen molar-refractivity contribution in [3.8, 4) is 0 Å². The predicted octanol–water partition coefficient (Wildman–Crippen LogP) is 2.47. The smallest absolute Gasteiger partial charge is 0.194 e. The Hall–Kier alpha value is -1.16. The van der Waals surface area contributed by atoms with Gasteiger partial charge in [0.15, 0.2) is 5.89 Å². The first-order valence-corrected chi connectivity index (χ1v) is 7.21. The summed E-state index contributed by atoms with van der Waals surface area (Å²) in [5, 5.41) is 0. The minimum Gasteiger partial charge on any atom is -0.449 e. The number of nitrogens with zero attached hydrogens (tertiary/aromatic N) is 2. The molecule has 0 N–H and O–H groups in total. The van der Waals surface area contributed by atoms with E-state index in [-0.39, 0.29) is 5.78 Å². The number of likely N-dealkylation sites (tertiary alicyclic amines) is 1. The quantitative estimate of drug-likeness (QED) is 0.819. The molecule has 1 aromatic heterocycles. The molecule has 0 aromatic carbocycles. The molecule has 1 fully saturated rings. The molecular weight excluding hydrogens is 240 g/mol. The van der Waals surface area contributed by atoms with Crippen LogP contribution in [-0.2, 0) is 17.6 Å². The van der Waals surface area contributed by atoms with E-state index < -0.39 is 0 Å². The van der Waals surface area contributed by atoms with Gasteiger partial charge in [0, 0.05) is 19.0 Å². The highest BCUT2D eigenvalue weighted by Gasteiger charge is 2.23. The van der Waals surface area contributed by atoms with Crippen molar-refractivity contribution in [2.45, 2.75) is 52.5 Å². The lowest BCUT2D eigenvalue weighted by Crippen LogP contribution is -2.40. The van der Waals surface area contributed by atoms with Crippen molar-refractivity contribution in [1.82, 2.24) is 9.88 Å². The monoisotopic (exact) mass is 264 g/mol. The number of carbonyl (C=O) groups is 1. The standard InChI is InChI=1S/C15H24N2O2/c1-11(2)17-6-4-5-13(9-17)8-15-16-14(10-19-15)7-12(3)18/h10-11,13H,4-9H2,1-3H3. The second-order valence-corrected chi connectivity index (χ2v) is 5.91. The number of hydrogen-bond acceptors (Lipinski definition) is 4. The van der Waals surface area contributed by atoms with Crippen LogP contribution >= 0.6 is 0 Å². The van der Waals surface area contributed by atoms with Crippen LogP contribution < -0.4 is 0 Å². The summed E-state index contributed by atoms with van der Waals surface area (Å²) in [5.41, 5.74) is 0.763. The molecule has 0 aliphatic carbocycles. The third kappa shape index (κ3) is 4.16. The van der Waals surface area contributed by atoms with Crippen LogP contribution in [0, 0.1) is 5.92 Å². The number of rotatable bonds is 5. The fourth-order valence-corrected chi connectivity index (χ4v) is 2.76. The lowest BCUT2D eigenvalue weighted by Gasteiger charge is -2.35. The minimum atomic E-state index is 0.128. The summed E-state index contributed by atoms with van der Waals surface area (Å²) in [5.74, 6) is 1.54. The van der Waals surface area contributed by atoms with Crippen molar-refractivity contribution in [2.24, 2.45) is 5.92 Å². The molecule has 1 aromatic rings. The van der Waals surface area contributed by atoms with Crippen LogP contribution in [0.4, 0.5) is 0 Å². The summed E-state index contributed by atoms with van der Waals surface area (Å²) in [4.78, 5) is 18.0. The maximum absolute atomic E-state index is 11.0. The number of piperidine rings is 1. The van der Waals surface area contributed by atoms with Crippen LogP contribution in [0.15, 0.2) is 10.7 Å². The van der Waals surface area contributed by atoms with Crippen molar-refractivity contribution < 1.29 is 9.21 Å². The topological polar surface area (TPSA) is 46.3 Å². The van der Waals surface area contributed by atoms with E-state index in [1.54, 1.807) is 13.2 Å². The number of Topliss-reactive ketones (excluding diaryl/α,β-unsaturated/α-hetero) is 1. The van der Waals surface area contributed by atoms with Crippen molar-refractivity contribution in [1.29, 1.82) is 0 Å². The van der Waals surface area contributed by atoms with Crippen molar-refractivity contribution >= 4 is 5.78 Å². The molecule has 0 spiro atoms. The highest BCUT2D eigenvalue weighted by Crippen LogP contribution is 2.22. The third-order valence-corrected chi connectivity index (χ3v) is 3.77. The Balaban J connectivity index is 1.89. The van der Waals surface area contributed by atoms with Gasteiger partial charge in [-0.3, -0.25) is 4.79 Å². The van der Waals surface area contributed by atoms with Gasteiger partial charge < -0.3 is 9.32 Å². The second-order valence-electron chi connectivity index (χ2n) is 5.91. The highest BCUT2D eigenvalue weighted by atomic mass is 16.3. The van der Waals surface area contributed by atoms with E-state index >= 15 is 0 Å². The Morgan fingerprint density at radius 2 is 2.37 bits per heavy atom. The van der Waals surface area contributed by atoms with Crippen LogP contribution in [0.2, 0.25) is 0 Å². The molecule has 1 saturated heterocycles. The van der Waals surface area contributed by atoms with Gasteiger partial charge >= 0.3 is 0 Å². The van der Waals surface area contributed by atoms with E-state index in [0.29, 0.717) is 18.4 Å². The average molecular weight is 264 g/mol. The lowest BCUT2D eigenvalue weighted by atomic mass is 9.94. The van der Waals surface area contributed by atoms with E-state index in [1.807, 2.05) is 0 Å². The molecule has 1 unspecified atom stereocenters. The number of hydrogen-bond donors (Lipinski definition) is 0. The highest BCUT2D eigenvalue weighted by molar-refractivity contribution is 5.77. The van der Waals surface area contributed by atoms with E-state index in [2.05, 4.69) is 23.7 Å². The van der Waals surface area contributed by atoms with Gasteiger partial charge in [0.2, 0.25) is 0 Å². The second kappa shape index (κ2) is 6.33. The van der Waals surface area contributed by atoms with Crippen LogP contribution in [-0.4, -0.2) is 34.8 Å². The molecule has 0 saturated carbocycles. The van der Waals surface area contributed by atoms with Gasteiger partial charge in [-0.2, -0.15) is 0 Å². The zero-order valence-electron chi connectivity index (χ0n) is 12.2. The summed E-state index contributed by atoms with van der Waals surface area (Å²) in [7, 11) is 0. The van der Waals surface area contributed by atoms with Crippen molar-refractivity contribution in [3.05, 3.63) is 17.8 Å². The number of carbonyl (C=O) groups excluding carboxylic acids is 1. The summed E-state index contributed by atoms with van der Waals surface area (Å²) >= 11 is 0. The Kier molecular flexibility index (Phi) is 4.75. The van der Waals surface area contributed by atoms with Crippen LogP contribution in [0.25, 0.3) is 0 Å². The molecule has 1 aliphatic rings. The first kappa shape index (κ1) is 14.3. The minimum absolute atomic E-state index is 0.128. The van der Waals surface area contributed by atoms with Crippen molar-refractivity contribution in [2.75, 3.05) is 13.1 Å².